The molecule has 8 nitrogen and oxygen atoms in total. The molecule has 0 saturated carbocycles. The maximum Gasteiger partial charge on any atom is 0.307 e. The zero-order chi connectivity index (χ0) is 23.3. The second-order valence-corrected chi connectivity index (χ2v) is 9.77. The van der Waals surface area contributed by atoms with Crippen molar-refractivity contribution in [3.05, 3.63) is 50.2 Å². The summed E-state index contributed by atoms with van der Waals surface area (Å²) in [6.45, 7) is 8.42. The van der Waals surface area contributed by atoms with Gasteiger partial charge in [-0.2, -0.15) is 0 Å². The molecule has 0 saturated heterocycles. The third kappa shape index (κ3) is 5.99. The summed E-state index contributed by atoms with van der Waals surface area (Å²) in [7, 11) is -3.83. The molecule has 0 aliphatic heterocycles. The fourth-order valence-corrected chi connectivity index (χ4v) is 5.33. The Morgan fingerprint density at radius 2 is 1.55 bits per heavy atom. The minimum atomic E-state index is -3.83. The zero-order valence-electron chi connectivity index (χ0n) is 18.1. The Labute approximate surface area is 186 Å². The summed E-state index contributed by atoms with van der Waals surface area (Å²) < 4.78 is 32.8. The summed E-state index contributed by atoms with van der Waals surface area (Å²) in [6, 6.07) is 3.24. The molecule has 0 fully saturated rings. The SMILES string of the molecule is Cc1c(C)c(C)c(S(=O)(=O)NCCC(=O)OCC(=O)NC(=O)c2cccs2)c(C)c1C. The summed E-state index contributed by atoms with van der Waals surface area (Å²) in [5.74, 6) is -2.09. The summed E-state index contributed by atoms with van der Waals surface area (Å²) in [5.41, 5.74) is 4.20. The molecule has 31 heavy (non-hydrogen) atoms. The van der Waals surface area contributed by atoms with Crippen molar-refractivity contribution in [2.24, 2.45) is 0 Å². The normalized spacial score (nSPS) is 11.3. The molecule has 0 spiro atoms. The predicted molar refractivity (Wildman–Crippen MR) is 118 cm³/mol. The summed E-state index contributed by atoms with van der Waals surface area (Å²) in [5, 5.41) is 3.81. The van der Waals surface area contributed by atoms with Gasteiger partial charge in [-0.05, 0) is 73.9 Å². The fraction of sp³-hybridized carbons (Fsp3) is 0.381. The van der Waals surface area contributed by atoms with Crippen LogP contribution in [-0.4, -0.2) is 39.4 Å². The number of amides is 2. The molecule has 1 aromatic heterocycles. The van der Waals surface area contributed by atoms with Crippen LogP contribution in [-0.2, 0) is 24.3 Å². The van der Waals surface area contributed by atoms with Gasteiger partial charge in [-0.1, -0.05) is 6.07 Å². The van der Waals surface area contributed by atoms with Crippen molar-refractivity contribution in [2.75, 3.05) is 13.2 Å². The van der Waals surface area contributed by atoms with Gasteiger partial charge in [-0.3, -0.25) is 19.7 Å². The van der Waals surface area contributed by atoms with Crippen molar-refractivity contribution in [1.29, 1.82) is 0 Å². The van der Waals surface area contributed by atoms with Crippen molar-refractivity contribution in [3.8, 4) is 0 Å². The Balaban J connectivity index is 1.88. The number of carbonyl (C=O) groups is 3. The van der Waals surface area contributed by atoms with Crippen LogP contribution in [0.3, 0.4) is 0 Å². The molecule has 10 heteroatoms. The van der Waals surface area contributed by atoms with E-state index < -0.39 is 34.4 Å². The van der Waals surface area contributed by atoms with Crippen molar-refractivity contribution >= 4 is 39.1 Å². The molecule has 2 N–H and O–H groups in total. The number of carbonyl (C=O) groups excluding carboxylic acids is 3. The largest absolute Gasteiger partial charge is 0.456 e. The van der Waals surface area contributed by atoms with Gasteiger partial charge in [-0.15, -0.1) is 11.3 Å². The summed E-state index contributed by atoms with van der Waals surface area (Å²) in [6.07, 6.45) is -0.257. The molecule has 2 rings (SSSR count). The lowest BCUT2D eigenvalue weighted by atomic mass is 9.95. The molecule has 0 bridgehead atoms. The molecular weight excluding hydrogens is 440 g/mol. The molecule has 168 valence electrons. The molecule has 2 amide bonds. The summed E-state index contributed by atoms with van der Waals surface area (Å²) in [4.78, 5) is 35.9. The van der Waals surface area contributed by atoms with E-state index >= 15 is 0 Å². The fourth-order valence-electron chi connectivity index (χ4n) is 3.08. The van der Waals surface area contributed by atoms with E-state index in [1.54, 1.807) is 31.4 Å². The molecule has 1 aromatic carbocycles. The third-order valence-corrected chi connectivity index (χ3v) is 7.79. The maximum absolute atomic E-state index is 12.8. The highest BCUT2D eigenvalue weighted by molar-refractivity contribution is 7.89. The Hall–Kier alpha value is -2.56. The Morgan fingerprint density at radius 1 is 0.968 bits per heavy atom. The standard InChI is InChI=1S/C21H26N2O6S2/c1-12-13(2)15(4)20(16(5)14(12)3)31(27,28)22-9-8-19(25)29-11-18(24)23-21(26)17-7-6-10-30-17/h6-7,10,22H,8-9,11H2,1-5H3,(H,23,24,26). The number of imide groups is 1. The number of ether oxygens (including phenoxy) is 1. The highest BCUT2D eigenvalue weighted by atomic mass is 32.2. The molecule has 0 unspecified atom stereocenters. The van der Waals surface area contributed by atoms with Gasteiger partial charge in [0.2, 0.25) is 10.0 Å². The van der Waals surface area contributed by atoms with E-state index in [1.807, 2.05) is 20.8 Å². The Morgan fingerprint density at radius 3 is 2.10 bits per heavy atom. The van der Waals surface area contributed by atoms with Crippen molar-refractivity contribution in [1.82, 2.24) is 10.0 Å². The number of thiophene rings is 1. The lowest BCUT2D eigenvalue weighted by Gasteiger charge is -2.19. The van der Waals surface area contributed by atoms with Gasteiger partial charge in [0.05, 0.1) is 16.2 Å². The first kappa shape index (κ1) is 24.7. The highest BCUT2D eigenvalue weighted by Crippen LogP contribution is 2.29. The van der Waals surface area contributed by atoms with Crippen LogP contribution in [0.4, 0.5) is 0 Å². The van der Waals surface area contributed by atoms with Crippen molar-refractivity contribution < 1.29 is 27.5 Å². The topological polar surface area (TPSA) is 119 Å². The monoisotopic (exact) mass is 466 g/mol. The maximum atomic E-state index is 12.8. The van der Waals surface area contributed by atoms with Crippen LogP contribution in [0.15, 0.2) is 22.4 Å². The van der Waals surface area contributed by atoms with E-state index in [-0.39, 0.29) is 17.9 Å². The Kier molecular flexibility index (Phi) is 8.10. The smallest absolute Gasteiger partial charge is 0.307 e. The van der Waals surface area contributed by atoms with Crippen molar-refractivity contribution in [2.45, 2.75) is 45.9 Å². The highest BCUT2D eigenvalue weighted by Gasteiger charge is 2.23. The minimum Gasteiger partial charge on any atom is -0.456 e. The third-order valence-electron chi connectivity index (χ3n) is 5.18. The second kappa shape index (κ2) is 10.2. The van der Waals surface area contributed by atoms with E-state index in [4.69, 9.17) is 4.74 Å². The van der Waals surface area contributed by atoms with Crippen LogP contribution >= 0.6 is 11.3 Å². The number of benzene rings is 1. The molecule has 0 aliphatic rings. The van der Waals surface area contributed by atoms with E-state index in [1.165, 1.54) is 11.3 Å². The van der Waals surface area contributed by atoms with Gasteiger partial charge in [0.1, 0.15) is 0 Å². The minimum absolute atomic E-state index is 0.179. The first-order chi connectivity index (χ1) is 14.5. The quantitative estimate of drug-likeness (QED) is 0.577. The van der Waals surface area contributed by atoms with E-state index in [2.05, 4.69) is 10.0 Å². The van der Waals surface area contributed by atoms with Crippen LogP contribution in [0.1, 0.15) is 43.9 Å². The lowest BCUT2D eigenvalue weighted by molar-refractivity contribution is -0.148. The molecule has 1 heterocycles. The van der Waals surface area contributed by atoms with Crippen LogP contribution in [0.2, 0.25) is 0 Å². The predicted octanol–water partition coefficient (Wildman–Crippen LogP) is 2.46. The van der Waals surface area contributed by atoms with Crippen LogP contribution in [0.25, 0.3) is 0 Å². The first-order valence-electron chi connectivity index (χ1n) is 9.55. The number of sulfonamides is 1. The molecule has 0 atom stereocenters. The lowest BCUT2D eigenvalue weighted by Crippen LogP contribution is -2.34. The van der Waals surface area contributed by atoms with Gasteiger partial charge in [0, 0.05) is 6.54 Å². The van der Waals surface area contributed by atoms with Crippen LogP contribution in [0.5, 0.6) is 0 Å². The average Bonchev–Trinajstić information content (AvgIpc) is 3.24. The molecule has 0 radical (unpaired) electrons. The molecule has 2 aromatic rings. The van der Waals surface area contributed by atoms with Gasteiger partial charge in [0.25, 0.3) is 11.8 Å². The number of nitrogens with one attached hydrogen (secondary N) is 2. The van der Waals surface area contributed by atoms with E-state index in [9.17, 15) is 22.8 Å². The number of rotatable bonds is 8. The first-order valence-corrected chi connectivity index (χ1v) is 11.9. The van der Waals surface area contributed by atoms with Gasteiger partial charge >= 0.3 is 5.97 Å². The molecular formula is C21H26N2O6S2. The van der Waals surface area contributed by atoms with Crippen LogP contribution < -0.4 is 10.0 Å². The number of hydrogen-bond donors (Lipinski definition) is 2. The zero-order valence-corrected chi connectivity index (χ0v) is 19.8. The van der Waals surface area contributed by atoms with Crippen molar-refractivity contribution in [3.63, 3.8) is 0 Å². The van der Waals surface area contributed by atoms with Gasteiger partial charge in [-0.25, -0.2) is 13.1 Å². The van der Waals surface area contributed by atoms with Gasteiger partial charge < -0.3 is 4.74 Å². The van der Waals surface area contributed by atoms with Crippen LogP contribution in [0, 0.1) is 34.6 Å². The van der Waals surface area contributed by atoms with Gasteiger partial charge in [0.15, 0.2) is 6.61 Å². The average molecular weight is 467 g/mol. The number of hydrogen-bond acceptors (Lipinski definition) is 7. The van der Waals surface area contributed by atoms with E-state index in [0.29, 0.717) is 16.0 Å². The number of esters is 1. The second-order valence-electron chi connectivity index (χ2n) is 7.12. The molecule has 0 aliphatic carbocycles. The van der Waals surface area contributed by atoms with E-state index in [0.717, 1.165) is 16.7 Å². The summed E-state index contributed by atoms with van der Waals surface area (Å²) >= 11 is 1.18. The Bertz CT molecular complexity index is 1080.